The van der Waals surface area contributed by atoms with Crippen LogP contribution < -0.4 is 4.90 Å². The van der Waals surface area contributed by atoms with Crippen molar-refractivity contribution in [2.24, 2.45) is 0 Å². The van der Waals surface area contributed by atoms with E-state index in [1.165, 1.54) is 47.8 Å². The van der Waals surface area contributed by atoms with E-state index < -0.39 is 0 Å². The van der Waals surface area contributed by atoms with Crippen LogP contribution in [0.3, 0.4) is 0 Å². The van der Waals surface area contributed by atoms with Crippen LogP contribution in [-0.2, 0) is 0 Å². The van der Waals surface area contributed by atoms with Crippen molar-refractivity contribution in [1.82, 2.24) is 0 Å². The molecule has 58 heavy (non-hydrogen) atoms. The second kappa shape index (κ2) is 13.1. The third-order valence-corrected chi connectivity index (χ3v) is 12.8. The van der Waals surface area contributed by atoms with Crippen LogP contribution in [0.1, 0.15) is 0 Å². The summed E-state index contributed by atoms with van der Waals surface area (Å²) in [6.07, 6.45) is 0. The Labute approximate surface area is 338 Å². The number of anilines is 3. The van der Waals surface area contributed by atoms with Gasteiger partial charge in [-0.25, -0.2) is 0 Å². The topological polar surface area (TPSA) is 29.5 Å². The van der Waals surface area contributed by atoms with Gasteiger partial charge in [-0.3, -0.25) is 0 Å². The van der Waals surface area contributed by atoms with Gasteiger partial charge in [-0.05, 0) is 106 Å². The van der Waals surface area contributed by atoms with Crippen LogP contribution >= 0.6 is 11.3 Å². The van der Waals surface area contributed by atoms with Crippen molar-refractivity contribution >= 4 is 92.4 Å². The van der Waals surface area contributed by atoms with Crippen LogP contribution in [0.4, 0.5) is 17.1 Å². The summed E-state index contributed by atoms with van der Waals surface area (Å²) >= 11 is 1.86. The van der Waals surface area contributed by atoms with E-state index >= 15 is 0 Å². The fourth-order valence-electron chi connectivity index (χ4n) is 8.67. The summed E-state index contributed by atoms with van der Waals surface area (Å²) in [4.78, 5) is 2.34. The van der Waals surface area contributed by atoms with E-state index in [0.29, 0.717) is 0 Å². The largest absolute Gasteiger partial charge is 0.456 e. The molecule has 0 aliphatic rings. The number of para-hydroxylation sites is 2. The van der Waals surface area contributed by atoms with Crippen LogP contribution in [0.15, 0.2) is 209 Å². The summed E-state index contributed by atoms with van der Waals surface area (Å²) in [5, 5.41) is 7.17. The molecule has 0 radical (unpaired) electrons. The molecule has 0 spiro atoms. The Hall–Kier alpha value is -7.40. The van der Waals surface area contributed by atoms with Gasteiger partial charge in [0, 0.05) is 58.8 Å². The highest BCUT2D eigenvalue weighted by molar-refractivity contribution is 7.27. The molecule has 0 aliphatic carbocycles. The minimum absolute atomic E-state index is 0.905. The first-order valence-electron chi connectivity index (χ1n) is 19.6. The van der Waals surface area contributed by atoms with Crippen molar-refractivity contribution in [2.45, 2.75) is 0 Å². The zero-order valence-corrected chi connectivity index (χ0v) is 32.0. The maximum Gasteiger partial charge on any atom is 0.136 e. The third kappa shape index (κ3) is 5.27. The molecular formula is C54H33NO2S. The molecule has 0 bridgehead atoms. The number of benzene rings is 9. The van der Waals surface area contributed by atoms with Crippen molar-refractivity contribution in [3.8, 4) is 33.4 Å². The molecule has 0 atom stereocenters. The fraction of sp³-hybridized carbons (Fsp3) is 0. The molecule has 272 valence electrons. The predicted molar refractivity (Wildman–Crippen MR) is 245 cm³/mol. The van der Waals surface area contributed by atoms with E-state index in [9.17, 15) is 0 Å². The van der Waals surface area contributed by atoms with Gasteiger partial charge < -0.3 is 13.7 Å². The molecule has 0 saturated heterocycles. The van der Waals surface area contributed by atoms with Gasteiger partial charge in [-0.1, -0.05) is 127 Å². The second-order valence-electron chi connectivity index (χ2n) is 14.8. The maximum atomic E-state index is 6.26. The molecule has 12 aromatic rings. The predicted octanol–water partition coefficient (Wildman–Crippen LogP) is 16.3. The van der Waals surface area contributed by atoms with E-state index in [1.54, 1.807) is 0 Å². The van der Waals surface area contributed by atoms with Crippen molar-refractivity contribution in [1.29, 1.82) is 0 Å². The third-order valence-electron chi connectivity index (χ3n) is 11.5. The lowest BCUT2D eigenvalue weighted by Gasteiger charge is -2.26. The van der Waals surface area contributed by atoms with Crippen LogP contribution in [0, 0.1) is 0 Å². The summed E-state index contributed by atoms with van der Waals surface area (Å²) < 4.78 is 14.9. The molecule has 0 N–H and O–H groups in total. The van der Waals surface area contributed by atoms with Gasteiger partial charge >= 0.3 is 0 Å². The summed E-state index contributed by atoms with van der Waals surface area (Å²) in [6, 6.07) is 71.5. The normalized spacial score (nSPS) is 11.8. The van der Waals surface area contributed by atoms with Gasteiger partial charge in [-0.2, -0.15) is 0 Å². The molecule has 3 aromatic heterocycles. The maximum absolute atomic E-state index is 6.26. The number of thiophene rings is 1. The zero-order chi connectivity index (χ0) is 38.2. The van der Waals surface area contributed by atoms with Gasteiger partial charge in [0.05, 0.1) is 0 Å². The number of rotatable bonds is 6. The molecule has 0 aliphatic heterocycles. The molecule has 9 aromatic carbocycles. The molecule has 4 heteroatoms. The lowest BCUT2D eigenvalue weighted by atomic mass is 10.0. The zero-order valence-electron chi connectivity index (χ0n) is 31.2. The lowest BCUT2D eigenvalue weighted by molar-refractivity contribution is 0.668. The Kier molecular flexibility index (Phi) is 7.40. The highest BCUT2D eigenvalue weighted by Crippen LogP contribution is 2.46. The van der Waals surface area contributed by atoms with Gasteiger partial charge in [0.1, 0.15) is 22.3 Å². The molecule has 0 fully saturated rings. The highest BCUT2D eigenvalue weighted by Gasteiger charge is 2.18. The van der Waals surface area contributed by atoms with Gasteiger partial charge in [0.15, 0.2) is 0 Å². The standard InChI is InChI=1S/C54H33NO2S/c1-2-9-34(10-3-1)35-17-24-39(25-18-35)55(40-26-19-36(20-27-40)38-23-31-50-47(33-38)43-11-4-6-15-48(43)56-50)41-28-21-37(22-29-41)42-13-8-14-44-45-30-32-51-52(54(45)58-53(42)44)46-12-5-7-16-49(46)57-51/h1-33H. The minimum Gasteiger partial charge on any atom is -0.456 e. The molecule has 0 unspecified atom stereocenters. The first kappa shape index (κ1) is 32.8. The Morgan fingerprint density at radius 2 is 0.810 bits per heavy atom. The van der Waals surface area contributed by atoms with Crippen molar-refractivity contribution in [3.63, 3.8) is 0 Å². The van der Waals surface area contributed by atoms with E-state index in [0.717, 1.165) is 66.7 Å². The molecular weight excluding hydrogens is 727 g/mol. The van der Waals surface area contributed by atoms with Crippen LogP contribution in [0.25, 0.3) is 97.4 Å². The van der Waals surface area contributed by atoms with Crippen molar-refractivity contribution < 1.29 is 8.83 Å². The van der Waals surface area contributed by atoms with Crippen LogP contribution in [0.2, 0.25) is 0 Å². The highest BCUT2D eigenvalue weighted by atomic mass is 32.1. The number of hydrogen-bond donors (Lipinski definition) is 0. The monoisotopic (exact) mass is 759 g/mol. The summed E-state index contributed by atoms with van der Waals surface area (Å²) in [5.41, 5.74) is 14.1. The number of nitrogens with zero attached hydrogens (tertiary/aromatic N) is 1. The van der Waals surface area contributed by atoms with Crippen LogP contribution in [0.5, 0.6) is 0 Å². The van der Waals surface area contributed by atoms with Crippen LogP contribution in [-0.4, -0.2) is 0 Å². The Morgan fingerprint density at radius 1 is 0.310 bits per heavy atom. The first-order chi connectivity index (χ1) is 28.7. The SMILES string of the molecule is c1ccc(-c2ccc(N(c3ccc(-c4ccc5oc6ccccc6c5c4)cc3)c3ccc(-c4cccc5c4sc4c5ccc5oc6ccccc6c54)cc3)cc2)cc1. The van der Waals surface area contributed by atoms with Gasteiger partial charge in [0.2, 0.25) is 0 Å². The smallest absolute Gasteiger partial charge is 0.136 e. The van der Waals surface area contributed by atoms with E-state index in [-0.39, 0.29) is 0 Å². The Morgan fingerprint density at radius 3 is 1.53 bits per heavy atom. The second-order valence-corrected chi connectivity index (χ2v) is 15.9. The molecule has 3 heterocycles. The molecule has 0 amide bonds. The van der Waals surface area contributed by atoms with Crippen molar-refractivity contribution in [3.05, 3.63) is 200 Å². The number of fused-ring (bicyclic) bond motifs is 10. The van der Waals surface area contributed by atoms with Crippen molar-refractivity contribution in [2.75, 3.05) is 4.90 Å². The molecule has 0 saturated carbocycles. The summed E-state index contributed by atoms with van der Waals surface area (Å²) in [7, 11) is 0. The van der Waals surface area contributed by atoms with E-state index in [2.05, 4.69) is 187 Å². The number of furan rings is 2. The number of hydrogen-bond acceptors (Lipinski definition) is 4. The lowest BCUT2D eigenvalue weighted by Crippen LogP contribution is -2.09. The van der Waals surface area contributed by atoms with E-state index in [1.807, 2.05) is 29.5 Å². The van der Waals surface area contributed by atoms with Gasteiger partial charge in [-0.15, -0.1) is 11.3 Å². The Balaban J connectivity index is 0.943. The minimum atomic E-state index is 0.905. The average molecular weight is 760 g/mol. The molecule has 3 nitrogen and oxygen atoms in total. The fourth-order valence-corrected chi connectivity index (χ4v) is 10.1. The first-order valence-corrected chi connectivity index (χ1v) is 20.4. The summed E-state index contributed by atoms with van der Waals surface area (Å²) in [5.74, 6) is 0. The Bertz CT molecular complexity index is 3480. The average Bonchev–Trinajstić information content (AvgIpc) is 3.99. The van der Waals surface area contributed by atoms with E-state index in [4.69, 9.17) is 8.83 Å². The van der Waals surface area contributed by atoms with Gasteiger partial charge in [0.25, 0.3) is 0 Å². The summed E-state index contributed by atoms with van der Waals surface area (Å²) in [6.45, 7) is 0. The quantitative estimate of drug-likeness (QED) is 0.169. The molecule has 12 rings (SSSR count).